The van der Waals surface area contributed by atoms with Crippen molar-refractivity contribution < 1.29 is 14.7 Å². The number of carbonyl (C=O) groups excluding carboxylic acids is 1. The molecule has 0 aliphatic heterocycles. The van der Waals surface area contributed by atoms with Crippen LogP contribution in [0.2, 0.25) is 0 Å². The van der Waals surface area contributed by atoms with E-state index in [0.29, 0.717) is 12.3 Å². The maximum Gasteiger partial charge on any atom is 0.320 e. The Morgan fingerprint density at radius 3 is 2.45 bits per heavy atom. The van der Waals surface area contributed by atoms with E-state index in [1.807, 2.05) is 6.92 Å². The first-order valence-electron chi connectivity index (χ1n) is 7.36. The molecule has 1 aliphatic carbocycles. The van der Waals surface area contributed by atoms with Crippen LogP contribution in [0, 0.1) is 5.92 Å². The molecule has 1 amide bonds. The van der Waals surface area contributed by atoms with Crippen LogP contribution in [0.3, 0.4) is 0 Å². The van der Waals surface area contributed by atoms with Gasteiger partial charge in [0.15, 0.2) is 0 Å². The summed E-state index contributed by atoms with van der Waals surface area (Å²) in [6, 6.07) is -0.620. The normalized spacial score (nSPS) is 17.1. The van der Waals surface area contributed by atoms with Crippen LogP contribution in [0.5, 0.6) is 0 Å². The smallest absolute Gasteiger partial charge is 0.320 e. The number of rotatable bonds is 8. The van der Waals surface area contributed by atoms with Crippen LogP contribution >= 0.6 is 12.4 Å². The highest BCUT2D eigenvalue weighted by Gasteiger charge is 2.18. The summed E-state index contributed by atoms with van der Waals surface area (Å²) in [5, 5.41) is 14.6. The van der Waals surface area contributed by atoms with Crippen LogP contribution in [0.25, 0.3) is 0 Å². The summed E-state index contributed by atoms with van der Waals surface area (Å²) in [5.74, 6) is -0.390. The Bertz CT molecular complexity index is 294. The maximum atomic E-state index is 11.7. The molecular formula is C14H27ClN2O3. The van der Waals surface area contributed by atoms with Gasteiger partial charge in [-0.1, -0.05) is 32.6 Å². The summed E-state index contributed by atoms with van der Waals surface area (Å²) in [4.78, 5) is 22.6. The summed E-state index contributed by atoms with van der Waals surface area (Å²) in [6.07, 6.45) is 7.55. The van der Waals surface area contributed by atoms with Gasteiger partial charge in [0.25, 0.3) is 0 Å². The SMILES string of the molecule is CCCC(NCC(=O)NCC1CCCCC1)C(=O)O.Cl. The number of hydrogen-bond acceptors (Lipinski definition) is 3. The van der Waals surface area contributed by atoms with Crippen LogP contribution in [0.1, 0.15) is 51.9 Å². The molecule has 20 heavy (non-hydrogen) atoms. The zero-order chi connectivity index (χ0) is 14.1. The highest BCUT2D eigenvalue weighted by molar-refractivity contribution is 5.85. The lowest BCUT2D eigenvalue weighted by molar-refractivity contribution is -0.139. The topological polar surface area (TPSA) is 78.4 Å². The first-order chi connectivity index (χ1) is 9.13. The lowest BCUT2D eigenvalue weighted by Crippen LogP contribution is -2.44. The fourth-order valence-electron chi connectivity index (χ4n) is 2.53. The molecule has 0 saturated heterocycles. The standard InChI is InChI=1S/C14H26N2O3.ClH/c1-2-6-12(14(18)19)15-10-13(17)16-9-11-7-4-3-5-8-11;/h11-12,15H,2-10H2,1H3,(H,16,17)(H,18,19);1H. The number of hydrogen-bond donors (Lipinski definition) is 3. The van der Waals surface area contributed by atoms with E-state index in [1.165, 1.54) is 32.1 Å². The van der Waals surface area contributed by atoms with Crippen LogP contribution in [-0.4, -0.2) is 36.1 Å². The maximum absolute atomic E-state index is 11.7. The molecule has 0 spiro atoms. The minimum absolute atomic E-state index is 0. The number of halogens is 1. The summed E-state index contributed by atoms with van der Waals surface area (Å²) < 4.78 is 0. The average molecular weight is 307 g/mol. The highest BCUT2D eigenvalue weighted by Crippen LogP contribution is 2.22. The van der Waals surface area contributed by atoms with E-state index in [2.05, 4.69) is 10.6 Å². The van der Waals surface area contributed by atoms with Gasteiger partial charge < -0.3 is 10.4 Å². The van der Waals surface area contributed by atoms with Gasteiger partial charge in [0.05, 0.1) is 6.54 Å². The predicted octanol–water partition coefficient (Wildman–Crippen LogP) is 1.95. The second kappa shape index (κ2) is 10.9. The lowest BCUT2D eigenvalue weighted by atomic mass is 9.89. The lowest BCUT2D eigenvalue weighted by Gasteiger charge is -2.22. The fraction of sp³-hybridized carbons (Fsp3) is 0.857. The molecule has 0 radical (unpaired) electrons. The van der Waals surface area contributed by atoms with Crippen molar-refractivity contribution >= 4 is 24.3 Å². The second-order valence-corrected chi connectivity index (χ2v) is 5.37. The van der Waals surface area contributed by atoms with Crippen molar-refractivity contribution in [2.75, 3.05) is 13.1 Å². The van der Waals surface area contributed by atoms with Gasteiger partial charge in [0, 0.05) is 6.54 Å². The van der Waals surface area contributed by atoms with E-state index in [0.717, 1.165) is 13.0 Å². The molecule has 0 bridgehead atoms. The Morgan fingerprint density at radius 2 is 1.90 bits per heavy atom. The van der Waals surface area contributed by atoms with E-state index < -0.39 is 12.0 Å². The molecule has 5 nitrogen and oxygen atoms in total. The molecule has 1 rings (SSSR count). The number of amides is 1. The van der Waals surface area contributed by atoms with E-state index in [-0.39, 0.29) is 24.9 Å². The second-order valence-electron chi connectivity index (χ2n) is 5.37. The van der Waals surface area contributed by atoms with E-state index in [9.17, 15) is 9.59 Å². The van der Waals surface area contributed by atoms with Crippen LogP contribution < -0.4 is 10.6 Å². The number of carboxylic acid groups (broad SMARTS) is 1. The van der Waals surface area contributed by atoms with Crippen molar-refractivity contribution in [3.63, 3.8) is 0 Å². The van der Waals surface area contributed by atoms with E-state index >= 15 is 0 Å². The van der Waals surface area contributed by atoms with Gasteiger partial charge in [0.2, 0.25) is 5.91 Å². The summed E-state index contributed by atoms with van der Waals surface area (Å²) >= 11 is 0. The van der Waals surface area contributed by atoms with Crippen LogP contribution in [0.4, 0.5) is 0 Å². The van der Waals surface area contributed by atoms with Crippen molar-refractivity contribution in [1.82, 2.24) is 10.6 Å². The molecule has 1 atom stereocenters. The molecule has 1 fully saturated rings. The summed E-state index contributed by atoms with van der Waals surface area (Å²) in [5.41, 5.74) is 0. The third kappa shape index (κ3) is 7.70. The minimum Gasteiger partial charge on any atom is -0.480 e. The largest absolute Gasteiger partial charge is 0.480 e. The molecule has 118 valence electrons. The molecule has 0 aromatic rings. The fourth-order valence-corrected chi connectivity index (χ4v) is 2.53. The Labute approximate surface area is 127 Å². The third-order valence-corrected chi connectivity index (χ3v) is 3.70. The Hall–Kier alpha value is -0.810. The van der Waals surface area contributed by atoms with Crippen LogP contribution in [0.15, 0.2) is 0 Å². The molecule has 1 aliphatic rings. The molecular weight excluding hydrogens is 280 g/mol. The van der Waals surface area contributed by atoms with Crippen LogP contribution in [-0.2, 0) is 9.59 Å². The van der Waals surface area contributed by atoms with Gasteiger partial charge in [-0.2, -0.15) is 0 Å². The van der Waals surface area contributed by atoms with Crippen molar-refractivity contribution in [2.24, 2.45) is 5.92 Å². The van der Waals surface area contributed by atoms with Gasteiger partial charge in [0.1, 0.15) is 6.04 Å². The van der Waals surface area contributed by atoms with Crippen molar-refractivity contribution in [2.45, 2.75) is 57.9 Å². The van der Waals surface area contributed by atoms with E-state index in [1.54, 1.807) is 0 Å². The number of nitrogens with one attached hydrogen (secondary N) is 2. The Kier molecular flexibility index (Phi) is 10.5. The summed E-state index contributed by atoms with van der Waals surface area (Å²) in [7, 11) is 0. The van der Waals surface area contributed by atoms with Gasteiger partial charge in [-0.25, -0.2) is 0 Å². The van der Waals surface area contributed by atoms with Crippen molar-refractivity contribution in [3.8, 4) is 0 Å². The first kappa shape index (κ1) is 19.2. The molecule has 0 aromatic heterocycles. The molecule has 3 N–H and O–H groups in total. The summed E-state index contributed by atoms with van der Waals surface area (Å²) in [6.45, 7) is 2.75. The monoisotopic (exact) mass is 306 g/mol. The van der Waals surface area contributed by atoms with Gasteiger partial charge >= 0.3 is 5.97 Å². The quantitative estimate of drug-likeness (QED) is 0.640. The third-order valence-electron chi connectivity index (χ3n) is 3.70. The van der Waals surface area contributed by atoms with Gasteiger partial charge in [-0.15, -0.1) is 12.4 Å². The Balaban J connectivity index is 0.00000361. The van der Waals surface area contributed by atoms with Gasteiger partial charge in [-0.3, -0.25) is 14.9 Å². The molecule has 1 saturated carbocycles. The minimum atomic E-state index is -0.887. The first-order valence-corrected chi connectivity index (χ1v) is 7.36. The molecule has 0 heterocycles. The molecule has 0 aromatic carbocycles. The number of aliphatic carboxylic acids is 1. The Morgan fingerprint density at radius 1 is 1.25 bits per heavy atom. The zero-order valence-electron chi connectivity index (χ0n) is 12.2. The van der Waals surface area contributed by atoms with Crippen molar-refractivity contribution in [3.05, 3.63) is 0 Å². The van der Waals surface area contributed by atoms with E-state index in [4.69, 9.17) is 5.11 Å². The predicted molar refractivity (Wildman–Crippen MR) is 81.2 cm³/mol. The van der Waals surface area contributed by atoms with Gasteiger partial charge in [-0.05, 0) is 25.2 Å². The highest BCUT2D eigenvalue weighted by atomic mass is 35.5. The van der Waals surface area contributed by atoms with Crippen molar-refractivity contribution in [1.29, 1.82) is 0 Å². The number of carbonyl (C=O) groups is 2. The zero-order valence-corrected chi connectivity index (χ0v) is 13.0. The average Bonchev–Trinajstić information content (AvgIpc) is 2.42. The number of carboxylic acids is 1. The molecule has 1 unspecified atom stereocenters. The molecule has 6 heteroatoms.